The quantitative estimate of drug-likeness (QED) is 0.577. The van der Waals surface area contributed by atoms with E-state index in [0.29, 0.717) is 0 Å². The van der Waals surface area contributed by atoms with Crippen LogP contribution in [-0.2, 0) is 24.3 Å². The molecule has 0 aliphatic heterocycles. The number of methoxy groups -OCH3 is 1. The number of carbonyl (C=O) groups is 1. The monoisotopic (exact) mass is 265 g/mol. The Morgan fingerprint density at radius 3 is 2.53 bits per heavy atom. The van der Waals surface area contributed by atoms with E-state index in [4.69, 9.17) is 9.47 Å². The Hall–Kier alpha value is -0.660. The van der Waals surface area contributed by atoms with Gasteiger partial charge in [0.25, 0.3) is 0 Å². The molecule has 0 saturated heterocycles. The Morgan fingerprint density at radius 1 is 1.41 bits per heavy atom. The van der Waals surface area contributed by atoms with Gasteiger partial charge >= 0.3 is 5.97 Å². The van der Waals surface area contributed by atoms with Crippen molar-refractivity contribution in [2.24, 2.45) is 0 Å². The molecular weight excluding hydrogens is 246 g/mol. The normalized spacial score (nSPS) is 16.2. The van der Waals surface area contributed by atoms with Gasteiger partial charge in [-0.3, -0.25) is 4.79 Å². The van der Waals surface area contributed by atoms with Crippen LogP contribution in [0.25, 0.3) is 0 Å². The topological polar surface area (TPSA) is 72.9 Å². The largest absolute Gasteiger partial charge is 0.465 e. The van der Waals surface area contributed by atoms with E-state index in [1.54, 1.807) is 6.92 Å². The number of esters is 1. The van der Waals surface area contributed by atoms with E-state index in [-0.39, 0.29) is 31.6 Å². The number of rotatable bonds is 8. The molecule has 6 nitrogen and oxygen atoms in total. The van der Waals surface area contributed by atoms with Crippen LogP contribution in [0, 0.1) is 0 Å². The lowest BCUT2D eigenvalue weighted by atomic mass is 10.6. The standard InChI is InChI=1S/C10H19NO5S/c1-3-16-10(12)8-11(9-4-5-9)17(13,14)7-6-15-2/h9H,3-8H2,1-2H3. The zero-order valence-corrected chi connectivity index (χ0v) is 11.0. The highest BCUT2D eigenvalue weighted by atomic mass is 32.2. The molecule has 0 amide bonds. The van der Waals surface area contributed by atoms with Crippen molar-refractivity contribution in [3.05, 3.63) is 0 Å². The van der Waals surface area contributed by atoms with Crippen molar-refractivity contribution in [1.82, 2.24) is 4.31 Å². The smallest absolute Gasteiger partial charge is 0.321 e. The summed E-state index contributed by atoms with van der Waals surface area (Å²) in [6, 6.07) is -0.0405. The van der Waals surface area contributed by atoms with Crippen LogP contribution in [0.5, 0.6) is 0 Å². The lowest BCUT2D eigenvalue weighted by Crippen LogP contribution is -2.40. The molecule has 1 rings (SSSR count). The summed E-state index contributed by atoms with van der Waals surface area (Å²) in [5, 5.41) is 0. The summed E-state index contributed by atoms with van der Waals surface area (Å²) in [6.45, 7) is 1.90. The number of hydrogen-bond acceptors (Lipinski definition) is 5. The van der Waals surface area contributed by atoms with Gasteiger partial charge in [-0.1, -0.05) is 0 Å². The first-order valence-corrected chi connectivity index (χ1v) is 7.26. The second kappa shape index (κ2) is 6.32. The second-order valence-electron chi connectivity index (χ2n) is 3.89. The number of sulfonamides is 1. The maximum Gasteiger partial charge on any atom is 0.321 e. The van der Waals surface area contributed by atoms with Gasteiger partial charge in [-0.25, -0.2) is 8.42 Å². The minimum atomic E-state index is -3.43. The third kappa shape index (κ3) is 4.61. The maximum atomic E-state index is 11.9. The van der Waals surface area contributed by atoms with Gasteiger partial charge in [0.1, 0.15) is 6.54 Å². The first kappa shape index (κ1) is 14.4. The number of carbonyl (C=O) groups excluding carboxylic acids is 1. The van der Waals surface area contributed by atoms with Crippen LogP contribution in [0.3, 0.4) is 0 Å². The predicted octanol–water partition coefficient (Wildman–Crippen LogP) is -0.00990. The minimum absolute atomic E-state index is 0.0405. The summed E-state index contributed by atoms with van der Waals surface area (Å²) in [7, 11) is -1.98. The van der Waals surface area contributed by atoms with E-state index in [1.807, 2.05) is 0 Å². The fourth-order valence-corrected chi connectivity index (χ4v) is 3.04. The predicted molar refractivity (Wildman–Crippen MR) is 62.0 cm³/mol. The van der Waals surface area contributed by atoms with Gasteiger partial charge in [-0.15, -0.1) is 0 Å². The van der Waals surface area contributed by atoms with Crippen LogP contribution < -0.4 is 0 Å². The summed E-state index contributed by atoms with van der Waals surface area (Å²) in [5.41, 5.74) is 0. The second-order valence-corrected chi connectivity index (χ2v) is 5.93. The van der Waals surface area contributed by atoms with Crippen molar-refractivity contribution in [3.63, 3.8) is 0 Å². The molecule has 1 aliphatic carbocycles. The van der Waals surface area contributed by atoms with Crippen LogP contribution in [0.2, 0.25) is 0 Å². The molecule has 100 valence electrons. The average Bonchev–Trinajstić information content (AvgIpc) is 3.07. The third-order valence-corrected chi connectivity index (χ3v) is 4.27. The van der Waals surface area contributed by atoms with E-state index in [0.717, 1.165) is 12.8 Å². The van der Waals surface area contributed by atoms with Crippen molar-refractivity contribution >= 4 is 16.0 Å². The van der Waals surface area contributed by atoms with Crippen molar-refractivity contribution < 1.29 is 22.7 Å². The van der Waals surface area contributed by atoms with Gasteiger partial charge < -0.3 is 9.47 Å². The summed E-state index contributed by atoms with van der Waals surface area (Å²) >= 11 is 0. The van der Waals surface area contributed by atoms with Crippen molar-refractivity contribution in [1.29, 1.82) is 0 Å². The molecule has 17 heavy (non-hydrogen) atoms. The summed E-state index contributed by atoms with van der Waals surface area (Å²) in [6.07, 6.45) is 1.62. The first-order chi connectivity index (χ1) is 8.01. The number of ether oxygens (including phenoxy) is 2. The van der Waals surface area contributed by atoms with Gasteiger partial charge in [0, 0.05) is 13.2 Å². The molecule has 7 heteroatoms. The fraction of sp³-hybridized carbons (Fsp3) is 0.900. The van der Waals surface area contributed by atoms with Gasteiger partial charge in [0.05, 0.1) is 19.0 Å². The van der Waals surface area contributed by atoms with E-state index < -0.39 is 16.0 Å². The molecule has 0 bridgehead atoms. The lowest BCUT2D eigenvalue weighted by Gasteiger charge is -2.20. The highest BCUT2D eigenvalue weighted by Crippen LogP contribution is 2.29. The SMILES string of the molecule is CCOC(=O)CN(C1CC1)S(=O)(=O)CCOC. The van der Waals surface area contributed by atoms with E-state index in [1.165, 1.54) is 11.4 Å². The molecule has 0 aromatic carbocycles. The van der Waals surface area contributed by atoms with Crippen LogP contribution in [0.1, 0.15) is 19.8 Å². The Bertz CT molecular complexity index is 350. The van der Waals surface area contributed by atoms with Gasteiger partial charge in [0.15, 0.2) is 0 Å². The molecular formula is C10H19NO5S. The molecule has 1 aliphatic rings. The van der Waals surface area contributed by atoms with Crippen LogP contribution in [0.4, 0.5) is 0 Å². The van der Waals surface area contributed by atoms with E-state index in [9.17, 15) is 13.2 Å². The van der Waals surface area contributed by atoms with Gasteiger partial charge in [0.2, 0.25) is 10.0 Å². The van der Waals surface area contributed by atoms with Crippen molar-refractivity contribution in [2.45, 2.75) is 25.8 Å². The molecule has 0 radical (unpaired) electrons. The molecule has 1 fully saturated rings. The van der Waals surface area contributed by atoms with Crippen molar-refractivity contribution in [3.8, 4) is 0 Å². The van der Waals surface area contributed by atoms with Crippen molar-refractivity contribution in [2.75, 3.05) is 32.6 Å². The molecule has 0 N–H and O–H groups in total. The van der Waals surface area contributed by atoms with Gasteiger partial charge in [-0.2, -0.15) is 4.31 Å². The summed E-state index contributed by atoms with van der Waals surface area (Å²) in [5.74, 6) is -0.597. The molecule has 0 spiro atoms. The Labute approximate surface area is 102 Å². The zero-order valence-electron chi connectivity index (χ0n) is 10.2. The zero-order chi connectivity index (χ0) is 12.9. The van der Waals surface area contributed by atoms with E-state index >= 15 is 0 Å². The molecule has 0 aromatic heterocycles. The fourth-order valence-electron chi connectivity index (χ4n) is 1.46. The summed E-state index contributed by atoms with van der Waals surface area (Å²) < 4.78 is 34.7. The maximum absolute atomic E-state index is 11.9. The lowest BCUT2D eigenvalue weighted by molar-refractivity contribution is -0.143. The van der Waals surface area contributed by atoms with Crippen LogP contribution in [0.15, 0.2) is 0 Å². The molecule has 0 heterocycles. The third-order valence-electron chi connectivity index (χ3n) is 2.45. The molecule has 1 saturated carbocycles. The summed E-state index contributed by atoms with van der Waals surface area (Å²) in [4.78, 5) is 11.3. The highest BCUT2D eigenvalue weighted by Gasteiger charge is 2.38. The van der Waals surface area contributed by atoms with Crippen LogP contribution in [-0.4, -0.2) is 57.4 Å². The minimum Gasteiger partial charge on any atom is -0.465 e. The first-order valence-electron chi connectivity index (χ1n) is 5.65. The highest BCUT2D eigenvalue weighted by molar-refractivity contribution is 7.89. The Kier molecular flexibility index (Phi) is 5.35. The average molecular weight is 265 g/mol. The molecule has 0 unspecified atom stereocenters. The number of hydrogen-bond donors (Lipinski definition) is 0. The van der Waals surface area contributed by atoms with Crippen LogP contribution >= 0.6 is 0 Å². The molecule has 0 aromatic rings. The number of nitrogens with zero attached hydrogens (tertiary/aromatic N) is 1. The molecule has 0 atom stereocenters. The Morgan fingerprint density at radius 2 is 2.06 bits per heavy atom. The van der Waals surface area contributed by atoms with Gasteiger partial charge in [-0.05, 0) is 19.8 Å². The Balaban J connectivity index is 2.61. The van der Waals surface area contributed by atoms with E-state index in [2.05, 4.69) is 0 Å².